The molecule has 144 valence electrons. The minimum absolute atomic E-state index is 0.137. The van der Waals surface area contributed by atoms with Crippen molar-refractivity contribution in [3.8, 4) is 5.69 Å². The van der Waals surface area contributed by atoms with Gasteiger partial charge in [-0.05, 0) is 30.3 Å². The molecule has 0 atom stereocenters. The van der Waals surface area contributed by atoms with E-state index in [1.54, 1.807) is 29.2 Å². The van der Waals surface area contributed by atoms with Crippen LogP contribution in [0.3, 0.4) is 0 Å². The predicted octanol–water partition coefficient (Wildman–Crippen LogP) is 4.40. The minimum Gasteiger partial charge on any atom is -0.457 e. The predicted molar refractivity (Wildman–Crippen MR) is 108 cm³/mol. The quantitative estimate of drug-likeness (QED) is 0.589. The van der Waals surface area contributed by atoms with E-state index in [0.717, 1.165) is 31.7 Å². The molecule has 28 heavy (non-hydrogen) atoms. The summed E-state index contributed by atoms with van der Waals surface area (Å²) >= 11 is 12.1. The number of rotatable bonds is 4. The Hall–Kier alpha value is -2.57. The molecule has 3 heterocycles. The molecule has 2 aromatic heterocycles. The number of benzene rings is 1. The molecule has 0 N–H and O–H groups in total. The first-order valence-corrected chi connectivity index (χ1v) is 9.74. The molecule has 0 amide bonds. The second-order valence-corrected chi connectivity index (χ2v) is 7.37. The van der Waals surface area contributed by atoms with Gasteiger partial charge in [0.15, 0.2) is 5.69 Å². The second kappa shape index (κ2) is 8.20. The average molecular weight is 417 g/mol. The molecule has 0 unspecified atom stereocenters. The van der Waals surface area contributed by atoms with Gasteiger partial charge in [0.2, 0.25) is 0 Å². The number of hydrogen-bond acceptors (Lipinski definition) is 5. The van der Waals surface area contributed by atoms with Crippen molar-refractivity contribution < 1.29 is 9.53 Å². The van der Waals surface area contributed by atoms with Gasteiger partial charge in [0.1, 0.15) is 11.9 Å². The highest BCUT2D eigenvalue weighted by molar-refractivity contribution is 6.32. The lowest BCUT2D eigenvalue weighted by atomic mass is 10.1. The third kappa shape index (κ3) is 4.13. The van der Waals surface area contributed by atoms with Gasteiger partial charge in [0.05, 0.1) is 15.7 Å². The largest absolute Gasteiger partial charge is 0.457 e. The molecule has 0 aliphatic carbocycles. The van der Waals surface area contributed by atoms with Crippen LogP contribution in [-0.4, -0.2) is 39.9 Å². The van der Waals surface area contributed by atoms with Crippen molar-refractivity contribution in [1.29, 1.82) is 0 Å². The van der Waals surface area contributed by atoms with Crippen LogP contribution in [0.5, 0.6) is 0 Å². The van der Waals surface area contributed by atoms with Crippen LogP contribution in [0.15, 0.2) is 54.9 Å². The summed E-state index contributed by atoms with van der Waals surface area (Å²) < 4.78 is 7.22. The normalized spacial score (nSPS) is 14.9. The Bertz CT molecular complexity index is 966. The van der Waals surface area contributed by atoms with Crippen LogP contribution in [0.25, 0.3) is 5.69 Å². The molecule has 1 fully saturated rings. The van der Waals surface area contributed by atoms with Gasteiger partial charge in [0.25, 0.3) is 0 Å². The monoisotopic (exact) mass is 416 g/mol. The molecule has 0 bridgehead atoms. The van der Waals surface area contributed by atoms with Crippen molar-refractivity contribution in [3.63, 3.8) is 0 Å². The first-order valence-electron chi connectivity index (χ1n) is 8.98. The summed E-state index contributed by atoms with van der Waals surface area (Å²) in [6, 6.07) is 12.7. The van der Waals surface area contributed by atoms with Crippen LogP contribution in [0.2, 0.25) is 10.0 Å². The van der Waals surface area contributed by atoms with Gasteiger partial charge in [-0.1, -0.05) is 35.3 Å². The lowest BCUT2D eigenvalue weighted by Gasteiger charge is -2.32. The zero-order valence-corrected chi connectivity index (χ0v) is 16.5. The topological polar surface area (TPSA) is 60.2 Å². The zero-order chi connectivity index (χ0) is 19.5. The number of nitrogens with zero attached hydrogens (tertiary/aromatic N) is 4. The minimum atomic E-state index is -0.422. The van der Waals surface area contributed by atoms with E-state index in [0.29, 0.717) is 15.7 Å². The number of carbonyl (C=O) groups is 1. The molecule has 8 heteroatoms. The number of esters is 1. The van der Waals surface area contributed by atoms with Crippen LogP contribution in [0.4, 0.5) is 5.82 Å². The lowest BCUT2D eigenvalue weighted by Crippen LogP contribution is -2.38. The lowest BCUT2D eigenvalue weighted by molar-refractivity contribution is 0.0237. The summed E-state index contributed by atoms with van der Waals surface area (Å²) in [5.41, 5.74) is 0.980. The van der Waals surface area contributed by atoms with E-state index in [4.69, 9.17) is 27.9 Å². The molecule has 4 rings (SSSR count). The Balaban J connectivity index is 1.35. The molecule has 3 aromatic rings. The maximum Gasteiger partial charge on any atom is 0.359 e. The molecule has 0 spiro atoms. The number of halogens is 2. The Morgan fingerprint density at radius 3 is 2.57 bits per heavy atom. The first kappa shape index (κ1) is 18.8. The molecular formula is C20H18Cl2N4O2. The Labute approximate surface area is 172 Å². The van der Waals surface area contributed by atoms with Crippen LogP contribution < -0.4 is 4.90 Å². The SMILES string of the molecule is O=C(OC1CCN(c2ccc(Cl)cn2)CC1)c1ccn(-c2ccccc2Cl)n1. The summed E-state index contributed by atoms with van der Waals surface area (Å²) in [5, 5.41) is 5.48. The van der Waals surface area contributed by atoms with Gasteiger partial charge in [-0.2, -0.15) is 5.10 Å². The maximum atomic E-state index is 12.5. The van der Waals surface area contributed by atoms with Crippen molar-refractivity contribution in [1.82, 2.24) is 14.8 Å². The fourth-order valence-electron chi connectivity index (χ4n) is 3.17. The number of para-hydroxylation sites is 1. The van der Waals surface area contributed by atoms with Gasteiger partial charge in [-0.15, -0.1) is 0 Å². The van der Waals surface area contributed by atoms with Crippen LogP contribution in [0.1, 0.15) is 23.3 Å². The van der Waals surface area contributed by atoms with Crippen molar-refractivity contribution in [2.45, 2.75) is 18.9 Å². The first-order chi connectivity index (χ1) is 13.6. The third-order valence-corrected chi connectivity index (χ3v) is 5.19. The number of carbonyl (C=O) groups excluding carboxylic acids is 1. The smallest absolute Gasteiger partial charge is 0.359 e. The molecule has 1 aromatic carbocycles. The molecule has 6 nitrogen and oxygen atoms in total. The zero-order valence-electron chi connectivity index (χ0n) is 15.0. The molecule has 0 saturated carbocycles. The summed E-state index contributed by atoms with van der Waals surface area (Å²) in [6.07, 6.45) is 4.68. The third-order valence-electron chi connectivity index (χ3n) is 4.65. The van der Waals surface area contributed by atoms with E-state index in [1.165, 1.54) is 0 Å². The Morgan fingerprint density at radius 2 is 1.86 bits per heavy atom. The number of pyridine rings is 1. The molecule has 1 saturated heterocycles. The highest BCUT2D eigenvalue weighted by Crippen LogP contribution is 2.22. The molecular weight excluding hydrogens is 399 g/mol. The number of hydrogen-bond donors (Lipinski definition) is 0. The van der Waals surface area contributed by atoms with Gasteiger partial charge in [0, 0.05) is 38.3 Å². The number of piperidine rings is 1. The van der Waals surface area contributed by atoms with Crippen molar-refractivity contribution in [2.24, 2.45) is 0 Å². The average Bonchev–Trinajstić information content (AvgIpc) is 3.20. The van der Waals surface area contributed by atoms with E-state index in [9.17, 15) is 4.79 Å². The van der Waals surface area contributed by atoms with E-state index in [-0.39, 0.29) is 11.8 Å². The number of ether oxygens (including phenoxy) is 1. The standard InChI is InChI=1S/C20H18Cl2N4O2/c21-14-5-6-19(23-13-14)25-10-7-15(8-11-25)28-20(27)17-9-12-26(24-17)18-4-2-1-3-16(18)22/h1-6,9,12-13,15H,7-8,10-11H2. The van der Waals surface area contributed by atoms with Crippen molar-refractivity contribution in [2.75, 3.05) is 18.0 Å². The Kier molecular flexibility index (Phi) is 5.50. The van der Waals surface area contributed by atoms with Crippen LogP contribution >= 0.6 is 23.2 Å². The van der Waals surface area contributed by atoms with Crippen LogP contribution in [-0.2, 0) is 4.74 Å². The van der Waals surface area contributed by atoms with E-state index >= 15 is 0 Å². The van der Waals surface area contributed by atoms with Gasteiger partial charge >= 0.3 is 5.97 Å². The van der Waals surface area contributed by atoms with E-state index in [2.05, 4.69) is 15.0 Å². The van der Waals surface area contributed by atoms with Gasteiger partial charge in [-0.3, -0.25) is 0 Å². The van der Waals surface area contributed by atoms with E-state index < -0.39 is 5.97 Å². The van der Waals surface area contributed by atoms with Gasteiger partial charge in [-0.25, -0.2) is 14.5 Å². The number of anilines is 1. The highest BCUT2D eigenvalue weighted by atomic mass is 35.5. The highest BCUT2D eigenvalue weighted by Gasteiger charge is 2.24. The van der Waals surface area contributed by atoms with Crippen LogP contribution in [0, 0.1) is 0 Å². The summed E-state index contributed by atoms with van der Waals surface area (Å²) in [7, 11) is 0. The molecule has 0 radical (unpaired) electrons. The second-order valence-electron chi connectivity index (χ2n) is 6.52. The molecule has 1 aliphatic heterocycles. The van der Waals surface area contributed by atoms with Crippen molar-refractivity contribution >= 4 is 35.0 Å². The Morgan fingerprint density at radius 1 is 1.07 bits per heavy atom. The number of aromatic nitrogens is 3. The summed E-state index contributed by atoms with van der Waals surface area (Å²) in [5.74, 6) is 0.460. The fraction of sp³-hybridized carbons (Fsp3) is 0.250. The molecule has 1 aliphatic rings. The van der Waals surface area contributed by atoms with Gasteiger partial charge < -0.3 is 9.64 Å². The van der Waals surface area contributed by atoms with Crippen molar-refractivity contribution in [3.05, 3.63) is 70.6 Å². The fourth-order valence-corrected chi connectivity index (χ4v) is 3.51. The van der Waals surface area contributed by atoms with E-state index in [1.807, 2.05) is 30.3 Å². The summed E-state index contributed by atoms with van der Waals surface area (Å²) in [4.78, 5) is 19.0. The maximum absolute atomic E-state index is 12.5. The summed E-state index contributed by atoms with van der Waals surface area (Å²) in [6.45, 7) is 1.53.